The molecule has 0 atom stereocenters. The minimum atomic E-state index is -1.76. The molecule has 0 fully saturated rings. The summed E-state index contributed by atoms with van der Waals surface area (Å²) in [6.45, 7) is 0.245. The monoisotopic (exact) mass is 580 g/mol. The number of hydrogen-bond acceptors (Lipinski definition) is 3. The molecule has 0 aromatic heterocycles. The zero-order chi connectivity index (χ0) is 20.9. The summed E-state index contributed by atoms with van der Waals surface area (Å²) in [6.07, 6.45) is 1.37. The Morgan fingerprint density at radius 3 is 1.48 bits per heavy atom. The molecule has 0 aliphatic carbocycles. The van der Waals surface area contributed by atoms with Crippen molar-refractivity contribution >= 4 is 55.1 Å². The van der Waals surface area contributed by atoms with Crippen LogP contribution < -0.4 is 0 Å². The first kappa shape index (κ1) is 22.7. The Hall–Kier alpha value is -0.955. The minimum absolute atomic E-state index is 0.245. The predicted molar refractivity (Wildman–Crippen MR) is 128 cm³/mol. The Balaban J connectivity index is 2.20. The third-order valence-electron chi connectivity index (χ3n) is 4.92. The molecule has 0 heterocycles. The fraction of sp³-hybridized carbons (Fsp3) is 0.182. The molecular weight excluding hydrogens is 563 g/mol. The van der Waals surface area contributed by atoms with Crippen LogP contribution in [0.1, 0.15) is 29.5 Å². The van der Waals surface area contributed by atoms with E-state index in [1.165, 1.54) is 0 Å². The van der Waals surface area contributed by atoms with Crippen molar-refractivity contribution in [3.8, 4) is 0 Å². The van der Waals surface area contributed by atoms with Crippen LogP contribution in [0.25, 0.3) is 0 Å². The molecule has 0 aliphatic heterocycles. The standard InChI is InChI=1S/C22H20BBr3O3/c24-19-8-1-5-16(13-19)22(11-4-12-29-23(27)28,17-6-2-9-20(25)14-17)18-7-3-10-21(26)15-18/h1-3,5-10,13-15,27-28H,4,11-12H2. The van der Waals surface area contributed by atoms with Crippen LogP contribution >= 0.6 is 47.8 Å². The molecule has 0 saturated carbocycles. The average Bonchev–Trinajstić information content (AvgIpc) is 2.68. The van der Waals surface area contributed by atoms with Crippen molar-refractivity contribution < 1.29 is 14.7 Å². The number of hydrogen-bond donors (Lipinski definition) is 2. The maximum absolute atomic E-state index is 9.06. The van der Waals surface area contributed by atoms with Crippen LogP contribution in [0, 0.1) is 0 Å². The van der Waals surface area contributed by atoms with Gasteiger partial charge in [0.2, 0.25) is 0 Å². The average molecular weight is 583 g/mol. The summed E-state index contributed by atoms with van der Waals surface area (Å²) in [5, 5.41) is 18.1. The van der Waals surface area contributed by atoms with Gasteiger partial charge < -0.3 is 14.7 Å². The maximum Gasteiger partial charge on any atom is 0.633 e. The first-order valence-electron chi connectivity index (χ1n) is 9.18. The van der Waals surface area contributed by atoms with Gasteiger partial charge in [0.05, 0.1) is 0 Å². The van der Waals surface area contributed by atoms with Crippen molar-refractivity contribution in [1.29, 1.82) is 0 Å². The van der Waals surface area contributed by atoms with E-state index in [-0.39, 0.29) is 6.61 Å². The lowest BCUT2D eigenvalue weighted by Gasteiger charge is -2.36. The summed E-state index contributed by atoms with van der Waals surface area (Å²) in [4.78, 5) is 0. The lowest BCUT2D eigenvalue weighted by molar-refractivity contribution is 0.179. The van der Waals surface area contributed by atoms with Crippen molar-refractivity contribution in [3.63, 3.8) is 0 Å². The second kappa shape index (κ2) is 10.4. The van der Waals surface area contributed by atoms with E-state index in [0.29, 0.717) is 6.42 Å². The van der Waals surface area contributed by atoms with Gasteiger partial charge in [0.25, 0.3) is 0 Å². The van der Waals surface area contributed by atoms with Crippen molar-refractivity contribution in [2.24, 2.45) is 0 Å². The van der Waals surface area contributed by atoms with E-state index in [1.54, 1.807) is 0 Å². The first-order valence-corrected chi connectivity index (χ1v) is 11.6. The molecular formula is C22H20BBr3O3. The molecule has 0 bridgehead atoms. The van der Waals surface area contributed by atoms with Gasteiger partial charge in [0, 0.05) is 25.4 Å². The Bertz CT molecular complexity index is 854. The Labute approximate surface area is 196 Å². The van der Waals surface area contributed by atoms with Crippen LogP contribution in [0.4, 0.5) is 0 Å². The molecule has 2 N–H and O–H groups in total. The van der Waals surface area contributed by atoms with Gasteiger partial charge in [-0.05, 0) is 65.9 Å². The largest absolute Gasteiger partial charge is 0.633 e. The van der Waals surface area contributed by atoms with Crippen LogP contribution in [0.3, 0.4) is 0 Å². The highest BCUT2D eigenvalue weighted by molar-refractivity contribution is 9.11. The zero-order valence-electron chi connectivity index (χ0n) is 15.6. The second-order valence-electron chi connectivity index (χ2n) is 6.74. The highest BCUT2D eigenvalue weighted by atomic mass is 79.9. The van der Waals surface area contributed by atoms with E-state index in [1.807, 2.05) is 36.4 Å². The fourth-order valence-corrected chi connectivity index (χ4v) is 4.92. The van der Waals surface area contributed by atoms with Crippen molar-refractivity contribution in [3.05, 3.63) is 103 Å². The van der Waals surface area contributed by atoms with E-state index < -0.39 is 12.7 Å². The quantitative estimate of drug-likeness (QED) is 0.192. The second-order valence-corrected chi connectivity index (χ2v) is 9.48. The molecule has 3 nitrogen and oxygen atoms in total. The van der Waals surface area contributed by atoms with Crippen LogP contribution in [0.5, 0.6) is 0 Å². The van der Waals surface area contributed by atoms with Gasteiger partial charge in [-0.25, -0.2) is 0 Å². The van der Waals surface area contributed by atoms with E-state index in [0.717, 1.165) is 36.5 Å². The van der Waals surface area contributed by atoms with Crippen molar-refractivity contribution in [1.82, 2.24) is 0 Å². The number of benzene rings is 3. The molecule has 7 heteroatoms. The molecule has 0 spiro atoms. The SMILES string of the molecule is OB(O)OCCCC(c1cccc(Br)c1)(c1cccc(Br)c1)c1cccc(Br)c1. The van der Waals surface area contributed by atoms with Crippen LogP contribution in [-0.4, -0.2) is 24.0 Å². The molecule has 0 radical (unpaired) electrons. The topological polar surface area (TPSA) is 49.7 Å². The van der Waals surface area contributed by atoms with E-state index in [2.05, 4.69) is 84.2 Å². The Morgan fingerprint density at radius 2 is 1.14 bits per heavy atom. The predicted octanol–water partition coefficient (Wildman–Crippen LogP) is 6.07. The molecule has 3 rings (SSSR count). The van der Waals surface area contributed by atoms with E-state index in [9.17, 15) is 0 Å². The third kappa shape index (κ3) is 5.60. The Kier molecular flexibility index (Phi) is 8.13. The van der Waals surface area contributed by atoms with Crippen LogP contribution in [0.2, 0.25) is 0 Å². The van der Waals surface area contributed by atoms with Crippen molar-refractivity contribution in [2.75, 3.05) is 6.61 Å². The van der Waals surface area contributed by atoms with Gasteiger partial charge in [0.1, 0.15) is 0 Å². The van der Waals surface area contributed by atoms with E-state index >= 15 is 0 Å². The lowest BCUT2D eigenvalue weighted by atomic mass is 9.67. The van der Waals surface area contributed by atoms with Gasteiger partial charge in [-0.1, -0.05) is 84.2 Å². The van der Waals surface area contributed by atoms with Crippen molar-refractivity contribution in [2.45, 2.75) is 18.3 Å². The summed E-state index contributed by atoms with van der Waals surface area (Å²) in [7, 11) is -1.76. The summed E-state index contributed by atoms with van der Waals surface area (Å²) in [5.74, 6) is 0. The highest BCUT2D eigenvalue weighted by Crippen LogP contribution is 2.45. The summed E-state index contributed by atoms with van der Waals surface area (Å²) in [6, 6.07) is 25.0. The molecule has 0 unspecified atom stereocenters. The lowest BCUT2D eigenvalue weighted by Crippen LogP contribution is -2.30. The van der Waals surface area contributed by atoms with Crippen LogP contribution in [-0.2, 0) is 10.1 Å². The highest BCUT2D eigenvalue weighted by Gasteiger charge is 2.36. The molecule has 0 saturated heterocycles. The normalized spacial score (nSPS) is 11.5. The molecule has 29 heavy (non-hydrogen) atoms. The zero-order valence-corrected chi connectivity index (χ0v) is 20.3. The maximum atomic E-state index is 9.06. The van der Waals surface area contributed by atoms with E-state index in [4.69, 9.17) is 14.7 Å². The first-order chi connectivity index (χ1) is 13.9. The number of halogens is 3. The summed E-state index contributed by atoms with van der Waals surface area (Å²) in [5.41, 5.74) is 2.99. The summed E-state index contributed by atoms with van der Waals surface area (Å²) < 4.78 is 8.02. The Morgan fingerprint density at radius 1 is 0.724 bits per heavy atom. The summed E-state index contributed by atoms with van der Waals surface area (Å²) >= 11 is 10.9. The van der Waals surface area contributed by atoms with Gasteiger partial charge in [0.15, 0.2) is 0 Å². The fourth-order valence-electron chi connectivity index (χ4n) is 3.72. The van der Waals surface area contributed by atoms with Crippen LogP contribution in [0.15, 0.2) is 86.2 Å². The minimum Gasteiger partial charge on any atom is -0.402 e. The number of rotatable bonds is 8. The molecule has 0 amide bonds. The molecule has 0 aliphatic rings. The van der Waals surface area contributed by atoms with Gasteiger partial charge in [-0.2, -0.15) is 0 Å². The van der Waals surface area contributed by atoms with Gasteiger partial charge >= 0.3 is 7.32 Å². The molecule has 3 aromatic carbocycles. The molecule has 150 valence electrons. The van der Waals surface area contributed by atoms with Gasteiger partial charge in [-0.15, -0.1) is 0 Å². The van der Waals surface area contributed by atoms with Gasteiger partial charge in [-0.3, -0.25) is 0 Å². The molecule has 3 aromatic rings. The third-order valence-corrected chi connectivity index (χ3v) is 6.40. The smallest absolute Gasteiger partial charge is 0.402 e.